The van der Waals surface area contributed by atoms with E-state index in [0.717, 1.165) is 6.42 Å². The Morgan fingerprint density at radius 2 is 2.22 bits per heavy atom. The predicted octanol–water partition coefficient (Wildman–Crippen LogP) is 1.60. The molecule has 54 valence electrons. The van der Waals surface area contributed by atoms with Crippen molar-refractivity contribution in [1.29, 1.82) is 0 Å². The van der Waals surface area contributed by atoms with Gasteiger partial charge < -0.3 is 4.74 Å². The fraction of sp³-hybridized carbons (Fsp3) is 0.857. The van der Waals surface area contributed by atoms with Crippen LogP contribution in [0.25, 0.3) is 0 Å². The van der Waals surface area contributed by atoms with Crippen LogP contribution in [-0.2, 0) is 9.53 Å². The van der Waals surface area contributed by atoms with E-state index in [4.69, 9.17) is 0 Å². The molecule has 9 heavy (non-hydrogen) atoms. The largest absolute Gasteiger partial charge is 0.469 e. The highest BCUT2D eigenvalue weighted by Gasteiger charge is 2.05. The van der Waals surface area contributed by atoms with Crippen LogP contribution in [0.3, 0.4) is 0 Å². The van der Waals surface area contributed by atoms with Crippen LogP contribution < -0.4 is 0 Å². The second-order valence-electron chi connectivity index (χ2n) is 2.29. The molecule has 0 amide bonds. The predicted molar refractivity (Wildman–Crippen MR) is 36.1 cm³/mol. The minimum absolute atomic E-state index is 0.107. The molecule has 0 saturated carbocycles. The SMILES string of the molecule is CC[C@@H](C)CC(=O)OC. The van der Waals surface area contributed by atoms with E-state index in [9.17, 15) is 4.79 Å². The summed E-state index contributed by atoms with van der Waals surface area (Å²) in [5.74, 6) is 0.349. The van der Waals surface area contributed by atoms with Gasteiger partial charge in [0.15, 0.2) is 0 Å². The topological polar surface area (TPSA) is 26.3 Å². The second-order valence-corrected chi connectivity index (χ2v) is 2.29. The number of esters is 1. The van der Waals surface area contributed by atoms with Crippen molar-refractivity contribution < 1.29 is 9.53 Å². The Labute approximate surface area is 56.2 Å². The van der Waals surface area contributed by atoms with E-state index in [1.54, 1.807) is 0 Å². The molecule has 1 atom stereocenters. The van der Waals surface area contributed by atoms with Crippen molar-refractivity contribution in [2.45, 2.75) is 26.7 Å². The molecule has 0 N–H and O–H groups in total. The van der Waals surface area contributed by atoms with Crippen LogP contribution in [0.15, 0.2) is 0 Å². The molecule has 0 aliphatic heterocycles. The summed E-state index contributed by atoms with van der Waals surface area (Å²) in [5, 5.41) is 0. The Morgan fingerprint density at radius 3 is 2.56 bits per heavy atom. The fourth-order valence-corrected chi connectivity index (χ4v) is 0.512. The van der Waals surface area contributed by atoms with Gasteiger partial charge in [-0.15, -0.1) is 0 Å². The summed E-state index contributed by atoms with van der Waals surface area (Å²) in [4.78, 5) is 10.6. The van der Waals surface area contributed by atoms with Crippen LogP contribution in [0.4, 0.5) is 0 Å². The van der Waals surface area contributed by atoms with Gasteiger partial charge in [-0.2, -0.15) is 0 Å². The number of methoxy groups -OCH3 is 1. The third kappa shape index (κ3) is 4.01. The van der Waals surface area contributed by atoms with Crippen LogP contribution >= 0.6 is 0 Å². The van der Waals surface area contributed by atoms with Crippen molar-refractivity contribution in [2.75, 3.05) is 7.11 Å². The van der Waals surface area contributed by atoms with Gasteiger partial charge in [-0.3, -0.25) is 4.79 Å². The van der Waals surface area contributed by atoms with E-state index in [0.29, 0.717) is 12.3 Å². The smallest absolute Gasteiger partial charge is 0.305 e. The summed E-state index contributed by atoms with van der Waals surface area (Å²) in [6, 6.07) is 0. The van der Waals surface area contributed by atoms with Gasteiger partial charge >= 0.3 is 5.97 Å². The zero-order chi connectivity index (χ0) is 7.28. The normalized spacial score (nSPS) is 12.8. The highest BCUT2D eigenvalue weighted by atomic mass is 16.5. The number of carbonyl (C=O) groups excluding carboxylic acids is 1. The van der Waals surface area contributed by atoms with Crippen molar-refractivity contribution in [1.82, 2.24) is 0 Å². The average molecular weight is 130 g/mol. The second kappa shape index (κ2) is 4.36. The summed E-state index contributed by atoms with van der Waals surface area (Å²) < 4.78 is 4.48. The fourth-order valence-electron chi connectivity index (χ4n) is 0.512. The number of ether oxygens (including phenoxy) is 1. The molecule has 0 saturated heterocycles. The Kier molecular flexibility index (Phi) is 4.10. The highest BCUT2D eigenvalue weighted by Crippen LogP contribution is 2.06. The molecule has 0 rings (SSSR count). The van der Waals surface area contributed by atoms with Gasteiger partial charge in [0.05, 0.1) is 7.11 Å². The average Bonchev–Trinajstić information content (AvgIpc) is 1.87. The van der Waals surface area contributed by atoms with Crippen molar-refractivity contribution >= 4 is 5.97 Å². The molecular weight excluding hydrogens is 116 g/mol. The molecule has 0 aliphatic rings. The monoisotopic (exact) mass is 130 g/mol. The quantitative estimate of drug-likeness (QED) is 0.542. The van der Waals surface area contributed by atoms with Gasteiger partial charge in [0.25, 0.3) is 0 Å². The van der Waals surface area contributed by atoms with Gasteiger partial charge in [-0.25, -0.2) is 0 Å². The lowest BCUT2D eigenvalue weighted by atomic mass is 10.1. The molecule has 0 unspecified atom stereocenters. The maximum absolute atomic E-state index is 10.6. The van der Waals surface area contributed by atoms with Crippen LogP contribution in [0.1, 0.15) is 26.7 Å². The molecule has 0 fully saturated rings. The standard InChI is InChI=1S/C7H14O2/c1-4-6(2)5-7(8)9-3/h6H,4-5H2,1-3H3/t6-/m1/s1. The van der Waals surface area contributed by atoms with Crippen LogP contribution in [0.2, 0.25) is 0 Å². The minimum atomic E-state index is -0.107. The Morgan fingerprint density at radius 1 is 1.67 bits per heavy atom. The third-order valence-electron chi connectivity index (χ3n) is 1.44. The molecule has 0 heterocycles. The Bertz CT molecular complexity index is 88.9. The summed E-state index contributed by atoms with van der Waals surface area (Å²) in [7, 11) is 1.42. The van der Waals surface area contributed by atoms with E-state index in [1.165, 1.54) is 7.11 Å². The van der Waals surface area contributed by atoms with Crippen molar-refractivity contribution in [3.05, 3.63) is 0 Å². The first-order valence-corrected chi connectivity index (χ1v) is 3.27. The Hall–Kier alpha value is -0.530. The van der Waals surface area contributed by atoms with Gasteiger partial charge in [-0.1, -0.05) is 20.3 Å². The summed E-state index contributed by atoms with van der Waals surface area (Å²) in [5.41, 5.74) is 0. The molecule has 0 aliphatic carbocycles. The lowest BCUT2D eigenvalue weighted by Gasteiger charge is -2.04. The van der Waals surface area contributed by atoms with E-state index in [-0.39, 0.29) is 5.97 Å². The van der Waals surface area contributed by atoms with E-state index in [1.807, 2.05) is 6.92 Å². The van der Waals surface area contributed by atoms with Gasteiger partial charge in [0.1, 0.15) is 0 Å². The molecule has 2 nitrogen and oxygen atoms in total. The number of hydrogen-bond donors (Lipinski definition) is 0. The first kappa shape index (κ1) is 8.47. The summed E-state index contributed by atoms with van der Waals surface area (Å²) in [6.07, 6.45) is 1.59. The first-order chi connectivity index (χ1) is 4.20. The lowest BCUT2D eigenvalue weighted by Crippen LogP contribution is -2.05. The zero-order valence-corrected chi connectivity index (χ0v) is 6.31. The third-order valence-corrected chi connectivity index (χ3v) is 1.44. The molecule has 0 spiro atoms. The van der Waals surface area contributed by atoms with Crippen LogP contribution in [-0.4, -0.2) is 13.1 Å². The van der Waals surface area contributed by atoms with Gasteiger partial charge in [0, 0.05) is 6.42 Å². The van der Waals surface area contributed by atoms with E-state index < -0.39 is 0 Å². The number of hydrogen-bond acceptors (Lipinski definition) is 2. The Balaban J connectivity index is 3.34. The molecule has 0 aromatic heterocycles. The van der Waals surface area contributed by atoms with Crippen molar-refractivity contribution in [2.24, 2.45) is 5.92 Å². The lowest BCUT2D eigenvalue weighted by molar-refractivity contribution is -0.141. The van der Waals surface area contributed by atoms with Gasteiger partial charge in [0.2, 0.25) is 0 Å². The zero-order valence-electron chi connectivity index (χ0n) is 6.31. The molecule has 0 bridgehead atoms. The molecule has 0 radical (unpaired) electrons. The van der Waals surface area contributed by atoms with E-state index >= 15 is 0 Å². The molecule has 0 aromatic carbocycles. The first-order valence-electron chi connectivity index (χ1n) is 3.27. The maximum Gasteiger partial charge on any atom is 0.305 e. The van der Waals surface area contributed by atoms with Crippen LogP contribution in [0.5, 0.6) is 0 Å². The van der Waals surface area contributed by atoms with Gasteiger partial charge in [-0.05, 0) is 5.92 Å². The van der Waals surface area contributed by atoms with E-state index in [2.05, 4.69) is 11.7 Å². The number of rotatable bonds is 3. The summed E-state index contributed by atoms with van der Waals surface area (Å²) in [6.45, 7) is 4.10. The minimum Gasteiger partial charge on any atom is -0.469 e. The number of carbonyl (C=O) groups is 1. The maximum atomic E-state index is 10.6. The van der Waals surface area contributed by atoms with Crippen molar-refractivity contribution in [3.8, 4) is 0 Å². The van der Waals surface area contributed by atoms with Crippen LogP contribution in [0, 0.1) is 5.92 Å². The molecule has 2 heteroatoms. The molecular formula is C7H14O2. The highest BCUT2D eigenvalue weighted by molar-refractivity contribution is 5.69. The molecule has 0 aromatic rings. The van der Waals surface area contributed by atoms with Crippen molar-refractivity contribution in [3.63, 3.8) is 0 Å². The summed E-state index contributed by atoms with van der Waals surface area (Å²) >= 11 is 0.